The van der Waals surface area contributed by atoms with Crippen molar-refractivity contribution in [2.45, 2.75) is 44.5 Å². The van der Waals surface area contributed by atoms with E-state index < -0.39 is 0 Å². The van der Waals surface area contributed by atoms with Crippen molar-refractivity contribution in [2.24, 2.45) is 5.92 Å². The van der Waals surface area contributed by atoms with E-state index >= 15 is 0 Å². The number of hydrogen-bond donors (Lipinski definition) is 1. The molecule has 1 aromatic heterocycles. The molecule has 1 heterocycles. The van der Waals surface area contributed by atoms with E-state index in [1.807, 2.05) is 12.1 Å². The van der Waals surface area contributed by atoms with Gasteiger partial charge >= 0.3 is 0 Å². The summed E-state index contributed by atoms with van der Waals surface area (Å²) >= 11 is 1.64. The molecule has 2 aromatic rings. The first-order valence-electron chi connectivity index (χ1n) is 7.43. The average Bonchev–Trinajstić information content (AvgIpc) is 2.94. The van der Waals surface area contributed by atoms with Crippen LogP contribution >= 0.6 is 11.8 Å². The maximum atomic E-state index is 5.72. The quantitative estimate of drug-likeness (QED) is 0.746. The Morgan fingerprint density at radius 1 is 1.24 bits per heavy atom. The van der Waals surface area contributed by atoms with E-state index in [1.54, 1.807) is 11.8 Å². The maximum absolute atomic E-state index is 5.72. The van der Waals surface area contributed by atoms with Crippen LogP contribution in [-0.2, 0) is 12.2 Å². The van der Waals surface area contributed by atoms with Crippen LogP contribution in [0.4, 0.5) is 0 Å². The molecule has 1 aromatic carbocycles. The van der Waals surface area contributed by atoms with Crippen molar-refractivity contribution in [3.05, 3.63) is 35.7 Å². The second-order valence-electron chi connectivity index (χ2n) is 5.38. The van der Waals surface area contributed by atoms with Gasteiger partial charge in [-0.25, -0.2) is 4.98 Å². The van der Waals surface area contributed by atoms with Crippen molar-refractivity contribution in [2.75, 3.05) is 6.61 Å². The summed E-state index contributed by atoms with van der Waals surface area (Å²) in [6.45, 7) is 7.25. The second-order valence-corrected chi connectivity index (χ2v) is 6.32. The van der Waals surface area contributed by atoms with Crippen molar-refractivity contribution in [1.29, 1.82) is 0 Å². The number of rotatable bonds is 8. The Hall–Kier alpha value is -1.49. The maximum Gasteiger partial charge on any atom is 0.208 e. The van der Waals surface area contributed by atoms with Crippen LogP contribution in [-0.4, -0.2) is 21.8 Å². The van der Waals surface area contributed by atoms with Gasteiger partial charge in [0, 0.05) is 12.2 Å². The Morgan fingerprint density at radius 3 is 2.62 bits per heavy atom. The lowest BCUT2D eigenvalue weighted by Crippen LogP contribution is -2.01. The Bertz CT molecular complexity index is 537. The minimum Gasteiger partial charge on any atom is -0.494 e. The first-order valence-corrected chi connectivity index (χ1v) is 8.41. The minimum absolute atomic E-state index is 0.676. The highest BCUT2D eigenvalue weighted by Gasteiger charge is 2.03. The first kappa shape index (κ1) is 15.9. The largest absolute Gasteiger partial charge is 0.494 e. The fourth-order valence-corrected chi connectivity index (χ4v) is 2.52. The highest BCUT2D eigenvalue weighted by molar-refractivity contribution is 7.98. The molecule has 1 N–H and O–H groups in total. The van der Waals surface area contributed by atoms with Crippen LogP contribution in [0.3, 0.4) is 0 Å². The Morgan fingerprint density at radius 2 is 2.00 bits per heavy atom. The molecule has 0 spiro atoms. The number of H-pyrrole nitrogens is 1. The van der Waals surface area contributed by atoms with Gasteiger partial charge in [-0.05, 0) is 30.0 Å². The third kappa shape index (κ3) is 5.42. The van der Waals surface area contributed by atoms with E-state index in [4.69, 9.17) is 4.74 Å². The first-order chi connectivity index (χ1) is 10.2. The molecule has 0 fully saturated rings. The van der Waals surface area contributed by atoms with Gasteiger partial charge in [-0.1, -0.05) is 44.7 Å². The number of aromatic nitrogens is 3. The van der Waals surface area contributed by atoms with Gasteiger partial charge in [-0.3, -0.25) is 5.10 Å². The zero-order valence-corrected chi connectivity index (χ0v) is 13.7. The summed E-state index contributed by atoms with van der Waals surface area (Å²) in [5.41, 5.74) is 1.25. The van der Waals surface area contributed by atoms with Crippen LogP contribution in [0.2, 0.25) is 0 Å². The third-order valence-corrected chi connectivity index (χ3v) is 4.02. The monoisotopic (exact) mass is 305 g/mol. The number of thioether (sulfide) groups is 1. The van der Waals surface area contributed by atoms with Crippen molar-refractivity contribution in [3.8, 4) is 5.75 Å². The fraction of sp³-hybridized carbons (Fsp3) is 0.500. The SMILES string of the molecule is CCc1nc(SCc2ccc(OCCC(C)C)cc2)n[nH]1. The van der Waals surface area contributed by atoms with Crippen LogP contribution in [0.1, 0.15) is 38.6 Å². The third-order valence-electron chi connectivity index (χ3n) is 3.10. The molecule has 0 aliphatic rings. The van der Waals surface area contributed by atoms with Crippen LogP contribution < -0.4 is 4.74 Å². The lowest BCUT2D eigenvalue weighted by atomic mass is 10.1. The van der Waals surface area contributed by atoms with Crippen molar-refractivity contribution < 1.29 is 4.74 Å². The van der Waals surface area contributed by atoms with E-state index in [0.717, 1.165) is 41.9 Å². The van der Waals surface area contributed by atoms with Gasteiger partial charge in [0.2, 0.25) is 5.16 Å². The van der Waals surface area contributed by atoms with Crippen molar-refractivity contribution in [3.63, 3.8) is 0 Å². The van der Waals surface area contributed by atoms with Crippen molar-refractivity contribution in [1.82, 2.24) is 15.2 Å². The van der Waals surface area contributed by atoms with Gasteiger partial charge in [0.1, 0.15) is 11.6 Å². The molecular formula is C16H23N3OS. The molecule has 0 unspecified atom stereocenters. The van der Waals surface area contributed by atoms with Gasteiger partial charge in [0.05, 0.1) is 6.61 Å². The highest BCUT2D eigenvalue weighted by atomic mass is 32.2. The van der Waals surface area contributed by atoms with Crippen molar-refractivity contribution >= 4 is 11.8 Å². The number of aryl methyl sites for hydroxylation is 1. The van der Waals surface area contributed by atoms with Crippen LogP contribution in [0.25, 0.3) is 0 Å². The summed E-state index contributed by atoms with van der Waals surface area (Å²) in [7, 11) is 0. The lowest BCUT2D eigenvalue weighted by molar-refractivity contribution is 0.289. The molecule has 21 heavy (non-hydrogen) atoms. The predicted octanol–water partition coefficient (Wildman–Crippen LogP) is 4.08. The number of aromatic amines is 1. The summed E-state index contributed by atoms with van der Waals surface area (Å²) in [6.07, 6.45) is 1.97. The fourth-order valence-electron chi connectivity index (χ4n) is 1.74. The van der Waals surface area contributed by atoms with Gasteiger partial charge in [-0.15, -0.1) is 5.10 Å². The smallest absolute Gasteiger partial charge is 0.208 e. The molecule has 0 aliphatic carbocycles. The molecule has 0 atom stereocenters. The lowest BCUT2D eigenvalue weighted by Gasteiger charge is -2.08. The molecule has 114 valence electrons. The highest BCUT2D eigenvalue weighted by Crippen LogP contribution is 2.21. The molecule has 2 rings (SSSR count). The average molecular weight is 305 g/mol. The summed E-state index contributed by atoms with van der Waals surface area (Å²) in [5.74, 6) is 3.42. The number of nitrogens with zero attached hydrogens (tertiary/aromatic N) is 2. The summed E-state index contributed by atoms with van der Waals surface area (Å²) in [6, 6.07) is 8.27. The summed E-state index contributed by atoms with van der Waals surface area (Å²) in [5, 5.41) is 7.92. The molecule has 0 radical (unpaired) electrons. The summed E-state index contributed by atoms with van der Waals surface area (Å²) in [4.78, 5) is 4.39. The van der Waals surface area contributed by atoms with Crippen LogP contribution in [0.5, 0.6) is 5.75 Å². The minimum atomic E-state index is 0.676. The van der Waals surface area contributed by atoms with E-state index in [-0.39, 0.29) is 0 Å². The van der Waals surface area contributed by atoms with Gasteiger partial charge in [0.25, 0.3) is 0 Å². The van der Waals surface area contributed by atoms with Gasteiger partial charge in [-0.2, -0.15) is 0 Å². The predicted molar refractivity (Wildman–Crippen MR) is 86.7 cm³/mol. The summed E-state index contributed by atoms with van der Waals surface area (Å²) < 4.78 is 5.72. The van der Waals surface area contributed by atoms with E-state index in [2.05, 4.69) is 48.1 Å². The Balaban J connectivity index is 1.79. The van der Waals surface area contributed by atoms with Gasteiger partial charge < -0.3 is 4.74 Å². The molecule has 5 heteroatoms. The van der Waals surface area contributed by atoms with Gasteiger partial charge in [0.15, 0.2) is 0 Å². The Kier molecular flexibility index (Phi) is 6.11. The zero-order valence-electron chi connectivity index (χ0n) is 12.9. The standard InChI is InChI=1S/C16H23N3OS/c1-4-15-17-16(19-18-15)21-11-13-5-7-14(8-6-13)20-10-9-12(2)3/h5-8,12H,4,9-11H2,1-3H3,(H,17,18,19). The number of nitrogens with one attached hydrogen (secondary N) is 1. The van der Waals surface area contributed by atoms with E-state index in [9.17, 15) is 0 Å². The second kappa shape index (κ2) is 8.08. The molecule has 0 saturated heterocycles. The van der Waals surface area contributed by atoms with E-state index in [1.165, 1.54) is 5.56 Å². The molecular weight excluding hydrogens is 282 g/mol. The zero-order chi connectivity index (χ0) is 15.1. The van der Waals surface area contributed by atoms with Crippen LogP contribution in [0, 0.1) is 5.92 Å². The topological polar surface area (TPSA) is 50.8 Å². The normalized spacial score (nSPS) is 11.0. The number of hydrogen-bond acceptors (Lipinski definition) is 4. The number of ether oxygens (including phenoxy) is 1. The number of benzene rings is 1. The van der Waals surface area contributed by atoms with E-state index in [0.29, 0.717) is 5.92 Å². The molecule has 0 bridgehead atoms. The molecule has 0 amide bonds. The van der Waals surface area contributed by atoms with Crippen LogP contribution in [0.15, 0.2) is 29.4 Å². The molecule has 0 saturated carbocycles. The Labute approximate surface area is 130 Å². The molecule has 4 nitrogen and oxygen atoms in total. The molecule has 0 aliphatic heterocycles.